The van der Waals surface area contributed by atoms with Crippen LogP contribution in [0.15, 0.2) is 18.2 Å². The van der Waals surface area contributed by atoms with Gasteiger partial charge in [-0.05, 0) is 38.8 Å². The van der Waals surface area contributed by atoms with E-state index >= 15 is 0 Å². The molecule has 0 unspecified atom stereocenters. The van der Waals surface area contributed by atoms with Crippen LogP contribution >= 0.6 is 0 Å². The molecule has 1 saturated carbocycles. The van der Waals surface area contributed by atoms with Crippen LogP contribution in [-0.2, 0) is 9.59 Å². The number of carbonyl (C=O) groups excluding carboxylic acids is 2. The molecule has 2 N–H and O–H groups in total. The lowest BCUT2D eigenvalue weighted by atomic mass is 9.91. The van der Waals surface area contributed by atoms with Crippen LogP contribution in [0.3, 0.4) is 0 Å². The number of anilines is 1. The Balaban J connectivity index is 2.14. The van der Waals surface area contributed by atoms with Crippen molar-refractivity contribution >= 4 is 17.5 Å². The first kappa shape index (κ1) is 16.1. The number of carbonyl (C=O) groups is 2. The zero-order chi connectivity index (χ0) is 16.3. The number of benzene rings is 1. The molecule has 0 saturated heterocycles. The van der Waals surface area contributed by atoms with Gasteiger partial charge in [-0.3, -0.25) is 9.59 Å². The van der Waals surface area contributed by atoms with E-state index in [4.69, 9.17) is 9.47 Å². The topological polar surface area (TPSA) is 76.7 Å². The van der Waals surface area contributed by atoms with Gasteiger partial charge in [0.05, 0.1) is 19.9 Å². The molecule has 1 fully saturated rings. The number of ether oxygens (including phenoxy) is 2. The summed E-state index contributed by atoms with van der Waals surface area (Å²) in [6.07, 6.45) is 1.96. The first-order chi connectivity index (χ1) is 10.4. The molecular formula is C16H22N2O4. The van der Waals surface area contributed by atoms with Gasteiger partial charge in [-0.15, -0.1) is 0 Å². The van der Waals surface area contributed by atoms with Gasteiger partial charge in [0, 0.05) is 12.1 Å². The third kappa shape index (κ3) is 3.50. The summed E-state index contributed by atoms with van der Waals surface area (Å²) < 4.78 is 10.4. The van der Waals surface area contributed by atoms with Crippen LogP contribution in [0.2, 0.25) is 0 Å². The van der Waals surface area contributed by atoms with Gasteiger partial charge >= 0.3 is 0 Å². The predicted molar refractivity (Wildman–Crippen MR) is 83.1 cm³/mol. The van der Waals surface area contributed by atoms with Gasteiger partial charge < -0.3 is 20.1 Å². The first-order valence-corrected chi connectivity index (χ1v) is 7.23. The van der Waals surface area contributed by atoms with Crippen LogP contribution in [0, 0.1) is 5.41 Å². The first-order valence-electron chi connectivity index (χ1n) is 7.23. The largest absolute Gasteiger partial charge is 0.497 e. The smallest absolute Gasteiger partial charge is 0.239 e. The fourth-order valence-corrected chi connectivity index (χ4v) is 1.89. The Morgan fingerprint density at radius 3 is 2.36 bits per heavy atom. The maximum Gasteiger partial charge on any atom is 0.239 e. The van der Waals surface area contributed by atoms with Gasteiger partial charge in [-0.1, -0.05) is 0 Å². The third-order valence-corrected chi connectivity index (χ3v) is 3.70. The zero-order valence-corrected chi connectivity index (χ0v) is 13.4. The number of hydrogen-bond donors (Lipinski definition) is 2. The third-order valence-electron chi connectivity index (χ3n) is 3.70. The molecule has 2 amide bonds. The lowest BCUT2D eigenvalue weighted by Crippen LogP contribution is -2.45. The van der Waals surface area contributed by atoms with E-state index in [2.05, 4.69) is 10.6 Å². The zero-order valence-electron chi connectivity index (χ0n) is 13.4. The Morgan fingerprint density at radius 1 is 1.14 bits per heavy atom. The molecule has 1 aromatic rings. The van der Waals surface area contributed by atoms with E-state index in [-0.39, 0.29) is 11.9 Å². The molecule has 0 aliphatic heterocycles. The Morgan fingerprint density at radius 2 is 1.82 bits per heavy atom. The second kappa shape index (κ2) is 6.25. The summed E-state index contributed by atoms with van der Waals surface area (Å²) in [7, 11) is 3.06. The maximum absolute atomic E-state index is 12.5. The van der Waals surface area contributed by atoms with Crippen molar-refractivity contribution in [3.8, 4) is 11.5 Å². The van der Waals surface area contributed by atoms with Gasteiger partial charge in [-0.2, -0.15) is 0 Å². The highest BCUT2D eigenvalue weighted by atomic mass is 16.5. The van der Waals surface area contributed by atoms with Crippen LogP contribution in [-0.4, -0.2) is 32.1 Å². The quantitative estimate of drug-likeness (QED) is 0.788. The molecule has 6 nitrogen and oxygen atoms in total. The summed E-state index contributed by atoms with van der Waals surface area (Å²) in [5.41, 5.74) is -0.699. The monoisotopic (exact) mass is 306 g/mol. The Bertz CT molecular complexity index is 580. The van der Waals surface area contributed by atoms with E-state index in [0.717, 1.165) is 12.8 Å². The summed E-state index contributed by atoms with van der Waals surface area (Å²) in [6.45, 7) is 3.21. The SMILES string of the molecule is COc1ccc(OC)c(NC(=O)C(C)(C)C(=O)NC2CC2)c1. The molecule has 120 valence electrons. The van der Waals surface area contributed by atoms with Crippen molar-refractivity contribution in [3.05, 3.63) is 18.2 Å². The predicted octanol–water partition coefficient (Wildman–Crippen LogP) is 1.95. The Kier molecular flexibility index (Phi) is 4.59. The van der Waals surface area contributed by atoms with Gasteiger partial charge in [0.15, 0.2) is 0 Å². The Hall–Kier alpha value is -2.24. The number of methoxy groups -OCH3 is 2. The molecule has 1 aromatic carbocycles. The molecule has 0 aromatic heterocycles. The molecule has 1 aliphatic rings. The molecule has 22 heavy (non-hydrogen) atoms. The molecule has 0 radical (unpaired) electrons. The van der Waals surface area contributed by atoms with E-state index in [1.54, 1.807) is 39.2 Å². The lowest BCUT2D eigenvalue weighted by molar-refractivity contribution is -0.138. The number of nitrogens with one attached hydrogen (secondary N) is 2. The highest BCUT2D eigenvalue weighted by molar-refractivity contribution is 6.10. The second-order valence-electron chi connectivity index (χ2n) is 5.89. The molecule has 0 bridgehead atoms. The van der Waals surface area contributed by atoms with Crippen LogP contribution in [0.4, 0.5) is 5.69 Å². The van der Waals surface area contributed by atoms with Crippen molar-refractivity contribution in [1.29, 1.82) is 0 Å². The molecule has 6 heteroatoms. The van der Waals surface area contributed by atoms with Crippen LogP contribution in [0.1, 0.15) is 26.7 Å². The van der Waals surface area contributed by atoms with Crippen LogP contribution in [0.5, 0.6) is 11.5 Å². The normalized spacial score (nSPS) is 14.2. The minimum Gasteiger partial charge on any atom is -0.497 e. The average Bonchev–Trinajstić information content (AvgIpc) is 3.30. The summed E-state index contributed by atoms with van der Waals surface area (Å²) in [5.74, 6) is 0.440. The summed E-state index contributed by atoms with van der Waals surface area (Å²) in [4.78, 5) is 24.7. The van der Waals surface area contributed by atoms with Crippen molar-refractivity contribution in [2.75, 3.05) is 19.5 Å². The number of hydrogen-bond acceptors (Lipinski definition) is 4. The van der Waals surface area contributed by atoms with Gasteiger partial charge in [0.25, 0.3) is 0 Å². The highest BCUT2D eigenvalue weighted by Gasteiger charge is 2.39. The number of amides is 2. The van der Waals surface area contributed by atoms with E-state index < -0.39 is 11.3 Å². The van der Waals surface area contributed by atoms with E-state index in [1.165, 1.54) is 7.11 Å². The lowest BCUT2D eigenvalue weighted by Gasteiger charge is -2.23. The van der Waals surface area contributed by atoms with Crippen LogP contribution < -0.4 is 20.1 Å². The van der Waals surface area contributed by atoms with E-state index in [9.17, 15) is 9.59 Å². The summed E-state index contributed by atoms with van der Waals surface area (Å²) >= 11 is 0. The van der Waals surface area contributed by atoms with Gasteiger partial charge in [0.2, 0.25) is 11.8 Å². The standard InChI is InChI=1S/C16H22N2O4/c1-16(2,14(19)17-10-5-6-10)15(20)18-12-9-11(21-3)7-8-13(12)22-4/h7-10H,5-6H2,1-4H3,(H,17,19)(H,18,20). The summed E-state index contributed by atoms with van der Waals surface area (Å²) in [6, 6.07) is 5.31. The highest BCUT2D eigenvalue weighted by Crippen LogP contribution is 2.31. The summed E-state index contributed by atoms with van der Waals surface area (Å²) in [5, 5.41) is 5.60. The minimum atomic E-state index is -1.17. The second-order valence-corrected chi connectivity index (χ2v) is 5.89. The fraction of sp³-hybridized carbons (Fsp3) is 0.500. The maximum atomic E-state index is 12.5. The molecule has 2 rings (SSSR count). The van der Waals surface area contributed by atoms with E-state index in [0.29, 0.717) is 17.2 Å². The Labute approximate surface area is 130 Å². The van der Waals surface area contributed by atoms with Crippen LogP contribution in [0.25, 0.3) is 0 Å². The van der Waals surface area contributed by atoms with Crippen molar-refractivity contribution in [1.82, 2.24) is 5.32 Å². The number of rotatable bonds is 6. The van der Waals surface area contributed by atoms with Gasteiger partial charge in [-0.25, -0.2) is 0 Å². The van der Waals surface area contributed by atoms with Gasteiger partial charge in [0.1, 0.15) is 16.9 Å². The van der Waals surface area contributed by atoms with Crippen molar-refractivity contribution < 1.29 is 19.1 Å². The molecule has 0 spiro atoms. The fourth-order valence-electron chi connectivity index (χ4n) is 1.89. The van der Waals surface area contributed by atoms with E-state index in [1.807, 2.05) is 0 Å². The average molecular weight is 306 g/mol. The molecule has 0 atom stereocenters. The molecule has 0 heterocycles. The van der Waals surface area contributed by atoms with Crippen molar-refractivity contribution in [2.24, 2.45) is 5.41 Å². The molecule has 1 aliphatic carbocycles. The van der Waals surface area contributed by atoms with Crippen molar-refractivity contribution in [2.45, 2.75) is 32.7 Å². The molecular weight excluding hydrogens is 284 g/mol. The minimum absolute atomic E-state index is 0.214. The van der Waals surface area contributed by atoms with Crippen molar-refractivity contribution in [3.63, 3.8) is 0 Å².